The Bertz CT molecular complexity index is 739. The molecule has 3 heterocycles. The molecule has 0 saturated carbocycles. The first-order chi connectivity index (χ1) is 13.0. The molecule has 8 nitrogen and oxygen atoms in total. The number of carbonyl (C=O) groups is 1. The number of likely N-dealkylation sites (N-methyl/N-ethyl adjacent to an activating group) is 1. The van der Waals surface area contributed by atoms with Gasteiger partial charge in [-0.25, -0.2) is 9.69 Å². The molecule has 1 fully saturated rings. The van der Waals surface area contributed by atoms with Gasteiger partial charge in [0, 0.05) is 11.3 Å². The number of carbonyl (C=O) groups excluding carboxylic acids is 1. The normalized spacial score (nSPS) is 22.9. The van der Waals surface area contributed by atoms with E-state index in [1.165, 1.54) is 17.8 Å². The number of hydrogen-bond acceptors (Lipinski definition) is 9. The quantitative estimate of drug-likeness (QED) is 0.270. The summed E-state index contributed by atoms with van der Waals surface area (Å²) in [7, 11) is 1.82. The van der Waals surface area contributed by atoms with Crippen LogP contribution >= 0.6 is 22.7 Å². The second-order valence-corrected chi connectivity index (χ2v) is 8.44. The van der Waals surface area contributed by atoms with E-state index in [9.17, 15) is 10.0 Å². The third-order valence-electron chi connectivity index (χ3n) is 4.29. The zero-order chi connectivity index (χ0) is 19.3. The molecule has 0 radical (unpaired) electrons. The molecule has 0 bridgehead atoms. The predicted molar refractivity (Wildman–Crippen MR) is 106 cm³/mol. The summed E-state index contributed by atoms with van der Waals surface area (Å²) in [5.74, 6) is -0.486. The van der Waals surface area contributed by atoms with Crippen LogP contribution < -0.4 is 9.38 Å². The number of hydrogen-bond donors (Lipinski definition) is 0. The van der Waals surface area contributed by atoms with Crippen LogP contribution in [-0.2, 0) is 4.74 Å². The Morgan fingerprint density at radius 1 is 1.41 bits per heavy atom. The van der Waals surface area contributed by atoms with Crippen molar-refractivity contribution in [3.8, 4) is 5.19 Å². The third kappa shape index (κ3) is 4.82. The van der Waals surface area contributed by atoms with E-state index >= 15 is 0 Å². The lowest BCUT2D eigenvalue weighted by Crippen LogP contribution is -2.50. The Hall–Kier alpha value is -1.59. The van der Waals surface area contributed by atoms with Crippen molar-refractivity contribution in [2.45, 2.75) is 38.8 Å². The summed E-state index contributed by atoms with van der Waals surface area (Å²) in [5, 5.41) is 23.9. The molecule has 148 valence electrons. The highest BCUT2D eigenvalue weighted by Crippen LogP contribution is 2.36. The molecular formula is C17H24N4O4S2. The average Bonchev–Trinajstić information content (AvgIpc) is 3.36. The van der Waals surface area contributed by atoms with E-state index < -0.39 is 16.8 Å². The van der Waals surface area contributed by atoms with Gasteiger partial charge in [0.15, 0.2) is 0 Å². The molecule has 27 heavy (non-hydrogen) atoms. The predicted octanol–water partition coefficient (Wildman–Crippen LogP) is 3.45. The van der Waals surface area contributed by atoms with E-state index in [0.29, 0.717) is 23.2 Å². The molecule has 0 amide bonds. The highest BCUT2D eigenvalue weighted by Gasteiger charge is 2.45. The largest absolute Gasteiger partial charge is 0.622 e. The molecule has 10 heteroatoms. The van der Waals surface area contributed by atoms with Gasteiger partial charge in [-0.3, -0.25) is 4.65 Å². The van der Waals surface area contributed by atoms with E-state index in [-0.39, 0.29) is 11.8 Å². The van der Waals surface area contributed by atoms with Crippen molar-refractivity contribution in [1.82, 2.24) is 19.7 Å². The summed E-state index contributed by atoms with van der Waals surface area (Å²) in [5.41, 5.74) is 0. The monoisotopic (exact) mass is 412 g/mol. The minimum Gasteiger partial charge on any atom is -0.622 e. The molecule has 0 aliphatic carbocycles. The average molecular weight is 413 g/mol. The van der Waals surface area contributed by atoms with Crippen LogP contribution in [0.25, 0.3) is 0 Å². The summed E-state index contributed by atoms with van der Waals surface area (Å²) in [6, 6.07) is 3.46. The fourth-order valence-corrected chi connectivity index (χ4v) is 4.29. The summed E-state index contributed by atoms with van der Waals surface area (Å²) in [6.45, 7) is 3.20. The van der Waals surface area contributed by atoms with Crippen molar-refractivity contribution < 1.29 is 14.3 Å². The van der Waals surface area contributed by atoms with Crippen molar-refractivity contribution in [2.24, 2.45) is 0 Å². The van der Waals surface area contributed by atoms with Crippen molar-refractivity contribution >= 4 is 33.8 Å². The molecule has 0 N–H and O–H groups in total. The number of aromatic nitrogens is 2. The fraction of sp³-hybridized carbons (Fsp3) is 0.588. The smallest absolute Gasteiger partial charge is 0.352 e. The first-order valence-corrected chi connectivity index (χ1v) is 10.7. The third-order valence-corrected chi connectivity index (χ3v) is 6.09. The van der Waals surface area contributed by atoms with Crippen LogP contribution in [0.3, 0.4) is 0 Å². The molecule has 0 spiro atoms. The number of quaternary nitrogens is 1. The van der Waals surface area contributed by atoms with E-state index in [1.807, 2.05) is 11.9 Å². The van der Waals surface area contributed by atoms with Gasteiger partial charge in [0.1, 0.15) is 11.5 Å². The van der Waals surface area contributed by atoms with E-state index in [4.69, 9.17) is 9.47 Å². The molecule has 0 aromatic carbocycles. The van der Waals surface area contributed by atoms with Gasteiger partial charge in [-0.05, 0) is 24.9 Å². The molecule has 2 atom stereocenters. The van der Waals surface area contributed by atoms with Crippen LogP contribution in [-0.4, -0.2) is 54.2 Å². The summed E-state index contributed by atoms with van der Waals surface area (Å²) >= 11 is 2.41. The molecular weight excluding hydrogens is 388 g/mol. The second-order valence-electron chi connectivity index (χ2n) is 6.57. The first kappa shape index (κ1) is 20.2. The van der Waals surface area contributed by atoms with E-state index in [2.05, 4.69) is 17.1 Å². The number of ether oxygens (including phenoxy) is 2. The SMILES string of the molecule is CCCCCCOc1nnc([N+]2([O-])CN(C)CC2OC(=O)c2cccs2)s1. The summed E-state index contributed by atoms with van der Waals surface area (Å²) < 4.78 is 10.3. The number of thiophene rings is 1. The van der Waals surface area contributed by atoms with E-state index in [1.54, 1.807) is 17.5 Å². The number of nitrogens with zero attached hydrogens (tertiary/aromatic N) is 4. The van der Waals surface area contributed by atoms with Gasteiger partial charge >= 0.3 is 11.1 Å². The minimum absolute atomic E-state index is 0.146. The van der Waals surface area contributed by atoms with Crippen LogP contribution in [0.15, 0.2) is 17.5 Å². The Labute approximate surface area is 166 Å². The van der Waals surface area contributed by atoms with Gasteiger partial charge in [0.05, 0.1) is 13.2 Å². The maximum Gasteiger partial charge on any atom is 0.352 e. The van der Waals surface area contributed by atoms with Crippen molar-refractivity contribution in [3.63, 3.8) is 0 Å². The Balaban J connectivity index is 1.65. The molecule has 1 aliphatic heterocycles. The Morgan fingerprint density at radius 3 is 3.00 bits per heavy atom. The van der Waals surface area contributed by atoms with Crippen molar-refractivity contribution in [1.29, 1.82) is 0 Å². The van der Waals surface area contributed by atoms with Gasteiger partial charge in [0.2, 0.25) is 0 Å². The molecule has 1 aliphatic rings. The molecule has 2 aromatic rings. The summed E-state index contributed by atoms with van der Waals surface area (Å²) in [4.78, 5) is 14.6. The number of hydroxylamine groups is 2. The zero-order valence-corrected chi connectivity index (χ0v) is 17.1. The number of rotatable bonds is 9. The second kappa shape index (κ2) is 9.07. The van der Waals surface area contributed by atoms with Gasteiger partial charge < -0.3 is 14.7 Å². The van der Waals surface area contributed by atoms with Crippen LogP contribution in [0.2, 0.25) is 0 Å². The van der Waals surface area contributed by atoms with Crippen LogP contribution in [0.5, 0.6) is 5.19 Å². The zero-order valence-electron chi connectivity index (χ0n) is 15.5. The number of unbranched alkanes of at least 4 members (excludes halogenated alkanes) is 3. The van der Waals surface area contributed by atoms with Gasteiger partial charge in [0.25, 0.3) is 11.4 Å². The Morgan fingerprint density at radius 2 is 2.26 bits per heavy atom. The lowest BCUT2D eigenvalue weighted by atomic mass is 10.2. The van der Waals surface area contributed by atoms with Crippen molar-refractivity contribution in [2.75, 3.05) is 26.9 Å². The molecule has 2 aromatic heterocycles. The molecule has 1 saturated heterocycles. The number of esters is 1. The van der Waals surface area contributed by atoms with Crippen LogP contribution in [0.4, 0.5) is 5.13 Å². The van der Waals surface area contributed by atoms with Crippen LogP contribution in [0, 0.1) is 5.21 Å². The fourth-order valence-electron chi connectivity index (χ4n) is 2.89. The van der Waals surface area contributed by atoms with E-state index in [0.717, 1.165) is 30.6 Å². The van der Waals surface area contributed by atoms with Crippen LogP contribution in [0.1, 0.15) is 42.3 Å². The van der Waals surface area contributed by atoms with Gasteiger partial charge in [-0.1, -0.05) is 42.4 Å². The maximum atomic E-state index is 13.5. The van der Waals surface area contributed by atoms with Crippen molar-refractivity contribution in [3.05, 3.63) is 27.6 Å². The lowest BCUT2D eigenvalue weighted by molar-refractivity contribution is 0.00612. The topological polar surface area (TPSA) is 87.6 Å². The highest BCUT2D eigenvalue weighted by atomic mass is 32.1. The lowest BCUT2D eigenvalue weighted by Gasteiger charge is -2.37. The minimum atomic E-state index is -0.880. The first-order valence-electron chi connectivity index (χ1n) is 9.01. The summed E-state index contributed by atoms with van der Waals surface area (Å²) in [6.07, 6.45) is 3.52. The standard InChI is InChI=1S/C17H24N4O4S2/c1-3-4-5-6-9-24-17-19-18-16(27-17)21(23)12-20(2)11-14(21)25-15(22)13-8-7-10-26-13/h7-8,10,14H,3-6,9,11-12H2,1-2H3. The van der Waals surface area contributed by atoms with Gasteiger partial charge in [-0.2, -0.15) is 0 Å². The maximum absolute atomic E-state index is 13.5. The molecule has 2 unspecified atom stereocenters. The molecule has 3 rings (SSSR count). The Kier molecular flexibility index (Phi) is 6.77. The van der Waals surface area contributed by atoms with Gasteiger partial charge in [-0.15, -0.1) is 11.3 Å². The highest BCUT2D eigenvalue weighted by molar-refractivity contribution is 7.16.